The topological polar surface area (TPSA) is 198 Å². The lowest BCUT2D eigenvalue weighted by Gasteiger charge is -2.25. The van der Waals surface area contributed by atoms with Crippen molar-refractivity contribution >= 4 is 30.4 Å². The maximum absolute atomic E-state index is 11.0. The summed E-state index contributed by atoms with van der Waals surface area (Å²) in [5.41, 5.74) is 0. The van der Waals surface area contributed by atoms with Crippen LogP contribution in [0.5, 0.6) is 0 Å². The van der Waals surface area contributed by atoms with Gasteiger partial charge in [-0.2, -0.15) is 25.3 Å². The van der Waals surface area contributed by atoms with Gasteiger partial charge >= 0.3 is 33.8 Å². The minimum Gasteiger partial charge on any atom is -0.412 e. The Morgan fingerprint density at radius 3 is 1.26 bits per heavy atom. The van der Waals surface area contributed by atoms with Gasteiger partial charge in [-0.25, -0.2) is 0 Å². The highest BCUT2D eigenvalue weighted by Crippen LogP contribution is 2.33. The molecule has 0 heterocycles. The predicted octanol–water partition coefficient (Wildman–Crippen LogP) is -2.57. The Labute approximate surface area is 110 Å². The highest BCUT2D eigenvalue weighted by Gasteiger charge is 2.65. The fraction of sp³-hybridized carbons (Fsp3) is 1.00. The van der Waals surface area contributed by atoms with Gasteiger partial charge in [-0.15, -0.1) is 0 Å². The molecule has 0 aliphatic carbocycles. The van der Waals surface area contributed by atoms with E-state index >= 15 is 0 Å². The van der Waals surface area contributed by atoms with Crippen molar-refractivity contribution in [2.45, 2.75) is 9.83 Å². The first-order valence-electron chi connectivity index (χ1n) is 4.22. The maximum Gasteiger partial charge on any atom is 0.346 e. The van der Waals surface area contributed by atoms with Crippen LogP contribution in [0.2, 0.25) is 0 Å². The molecule has 0 saturated heterocycles. The normalized spacial score (nSPS) is 14.2. The zero-order chi connectivity index (χ0) is 15.0. The monoisotopic (exact) mass is 345 g/mol. The highest BCUT2D eigenvalue weighted by molar-refractivity contribution is 8.21. The molecule has 0 aliphatic rings. The van der Waals surface area contributed by atoms with Crippen LogP contribution in [0.25, 0.3) is 0 Å². The first-order chi connectivity index (χ1) is 7.67. The molecular formula is C5H15NO10S3. The Hall–Kier alpha value is -0.350. The van der Waals surface area contributed by atoms with E-state index in [1.54, 1.807) is 0 Å². The third-order valence-corrected chi connectivity index (χ3v) is 8.81. The van der Waals surface area contributed by atoms with Gasteiger partial charge < -0.3 is 10.4 Å². The van der Waals surface area contributed by atoms with Gasteiger partial charge in [0.2, 0.25) is 0 Å². The average molecular weight is 345 g/mol. The molecule has 0 unspecified atom stereocenters. The average Bonchev–Trinajstić information content (AvgIpc) is 1.94. The Bertz CT molecular complexity index is 521. The molecule has 0 atom stereocenters. The molecule has 0 spiro atoms. The van der Waals surface area contributed by atoms with E-state index in [4.69, 9.17) is 13.7 Å². The molecule has 19 heavy (non-hydrogen) atoms. The lowest BCUT2D eigenvalue weighted by Crippen LogP contribution is -2.53. The summed E-state index contributed by atoms with van der Waals surface area (Å²) in [5.74, 6) is 0. The summed E-state index contributed by atoms with van der Waals surface area (Å²) in [6, 6.07) is 0. The van der Waals surface area contributed by atoms with Crippen molar-refractivity contribution in [3.05, 3.63) is 0 Å². The molecule has 0 saturated carbocycles. The SMILES string of the molecule is CN(C)CCC(S(=O)(=O)O)(S(=O)(=O)O)S(=O)(=O)O.O. The van der Waals surface area contributed by atoms with Gasteiger partial charge in [-0.3, -0.25) is 13.7 Å². The van der Waals surface area contributed by atoms with Gasteiger partial charge in [0.05, 0.1) is 0 Å². The molecule has 0 aliphatic heterocycles. The van der Waals surface area contributed by atoms with Crippen LogP contribution in [0, 0.1) is 0 Å². The molecule has 0 radical (unpaired) electrons. The second-order valence-corrected chi connectivity index (χ2v) is 9.38. The second-order valence-electron chi connectivity index (χ2n) is 3.66. The van der Waals surface area contributed by atoms with E-state index in [1.807, 2.05) is 0 Å². The fourth-order valence-corrected chi connectivity index (χ4v) is 5.39. The summed E-state index contributed by atoms with van der Waals surface area (Å²) in [6.45, 7) is -0.459. The van der Waals surface area contributed by atoms with Crippen LogP contribution in [-0.4, -0.2) is 73.3 Å². The fourth-order valence-electron chi connectivity index (χ4n) is 1.15. The minimum atomic E-state index is -5.84. The largest absolute Gasteiger partial charge is 0.412 e. The Kier molecular flexibility index (Phi) is 6.58. The molecule has 14 heteroatoms. The van der Waals surface area contributed by atoms with Crippen molar-refractivity contribution in [2.75, 3.05) is 20.6 Å². The Morgan fingerprint density at radius 1 is 0.842 bits per heavy atom. The number of hydrogen-bond donors (Lipinski definition) is 3. The van der Waals surface area contributed by atoms with Crippen molar-refractivity contribution in [1.82, 2.24) is 4.90 Å². The van der Waals surface area contributed by atoms with Crippen molar-refractivity contribution in [3.63, 3.8) is 0 Å². The quantitative estimate of drug-likeness (QED) is 0.430. The molecule has 0 aromatic rings. The summed E-state index contributed by atoms with van der Waals surface area (Å²) >= 11 is 0. The standard InChI is InChI=1S/C5H13NO9S3.H2O/c1-6(2)4-3-5(16(7,8)9,17(10,11)12)18(13,14)15;/h3-4H2,1-2H3,(H,7,8,9)(H,10,11,12)(H,13,14,15);1H2. The van der Waals surface area contributed by atoms with Gasteiger partial charge in [0.25, 0.3) is 0 Å². The van der Waals surface area contributed by atoms with E-state index in [0.29, 0.717) is 0 Å². The Morgan fingerprint density at radius 2 is 1.11 bits per heavy atom. The number of nitrogens with zero attached hydrogens (tertiary/aromatic N) is 1. The molecule has 0 bridgehead atoms. The van der Waals surface area contributed by atoms with E-state index in [0.717, 1.165) is 0 Å². The van der Waals surface area contributed by atoms with Gasteiger partial charge in [0.1, 0.15) is 0 Å². The van der Waals surface area contributed by atoms with Gasteiger partial charge in [-0.05, 0) is 14.1 Å². The molecule has 0 amide bonds. The van der Waals surface area contributed by atoms with Crippen LogP contribution in [0.15, 0.2) is 0 Å². The lowest BCUT2D eigenvalue weighted by atomic mass is 10.4. The van der Waals surface area contributed by atoms with Gasteiger partial charge in [-0.1, -0.05) is 0 Å². The third-order valence-electron chi connectivity index (χ3n) is 2.04. The molecular weight excluding hydrogens is 330 g/mol. The van der Waals surface area contributed by atoms with E-state index in [2.05, 4.69) is 0 Å². The summed E-state index contributed by atoms with van der Waals surface area (Å²) in [6.07, 6.45) is -1.27. The summed E-state index contributed by atoms with van der Waals surface area (Å²) in [4.78, 5) is 1.19. The van der Waals surface area contributed by atoms with Crippen LogP contribution in [0.3, 0.4) is 0 Å². The van der Waals surface area contributed by atoms with Crippen molar-refractivity contribution in [1.29, 1.82) is 0 Å². The van der Waals surface area contributed by atoms with Gasteiger partial charge in [0.15, 0.2) is 0 Å². The van der Waals surface area contributed by atoms with Crippen LogP contribution in [-0.2, 0) is 30.4 Å². The summed E-state index contributed by atoms with van der Waals surface area (Å²) in [7, 11) is -14.8. The van der Waals surface area contributed by atoms with E-state index in [-0.39, 0.29) is 5.48 Å². The highest BCUT2D eigenvalue weighted by atomic mass is 32.3. The van der Waals surface area contributed by atoms with Crippen LogP contribution in [0.4, 0.5) is 0 Å². The van der Waals surface area contributed by atoms with Crippen molar-refractivity contribution in [2.24, 2.45) is 0 Å². The predicted molar refractivity (Wildman–Crippen MR) is 64.2 cm³/mol. The Balaban J connectivity index is 0. The number of rotatable bonds is 6. The van der Waals surface area contributed by atoms with Gasteiger partial charge in [0, 0.05) is 13.0 Å². The van der Waals surface area contributed by atoms with Crippen LogP contribution in [0.1, 0.15) is 6.42 Å². The first-order valence-corrected chi connectivity index (χ1v) is 8.54. The zero-order valence-corrected chi connectivity index (χ0v) is 12.3. The summed E-state index contributed by atoms with van der Waals surface area (Å²) < 4.78 is 88.4. The molecule has 0 rings (SSSR count). The van der Waals surface area contributed by atoms with Crippen LogP contribution >= 0.6 is 0 Å². The van der Waals surface area contributed by atoms with E-state index < -0.39 is 46.7 Å². The first kappa shape index (κ1) is 21.0. The van der Waals surface area contributed by atoms with E-state index in [1.165, 1.54) is 19.0 Å². The number of hydrogen-bond acceptors (Lipinski definition) is 7. The zero-order valence-electron chi connectivity index (χ0n) is 9.88. The summed E-state index contributed by atoms with van der Waals surface area (Å²) in [5, 5.41) is 0. The van der Waals surface area contributed by atoms with Crippen molar-refractivity contribution in [3.8, 4) is 0 Å². The molecule has 11 nitrogen and oxygen atoms in total. The smallest absolute Gasteiger partial charge is 0.346 e. The van der Waals surface area contributed by atoms with E-state index in [9.17, 15) is 25.3 Å². The molecule has 5 N–H and O–H groups in total. The maximum atomic E-state index is 11.0. The minimum absolute atomic E-state index is 0. The molecule has 0 aromatic heterocycles. The molecule has 118 valence electrons. The molecule has 0 aromatic carbocycles. The van der Waals surface area contributed by atoms with Crippen molar-refractivity contribution < 1.29 is 44.4 Å². The lowest BCUT2D eigenvalue weighted by molar-refractivity contribution is 0.370. The third kappa shape index (κ3) is 4.06. The van der Waals surface area contributed by atoms with Crippen LogP contribution < -0.4 is 0 Å². The second kappa shape index (κ2) is 5.96. The molecule has 0 fully saturated rings.